The Morgan fingerprint density at radius 1 is 0.709 bits per heavy atom. The van der Waals surface area contributed by atoms with Gasteiger partial charge in [-0.1, -0.05) is 42.5 Å². The molecule has 3 unspecified atom stereocenters. The van der Waals surface area contributed by atoms with E-state index in [1.807, 2.05) is 0 Å². The number of amides is 4. The number of hydrogen-bond acceptors (Lipinski definition) is 14. The molecule has 302 valence electrons. The molecule has 0 aliphatic heterocycles. The molecule has 5 N–H and O–H groups in total. The standard InChI is InChI=1S/C37H50N5O13/c1-24(43)52-19-9-13-29(39-35(48)30(14-10-20-53-25(2)44)41-36(49)55-37(3,4)5)34(47)40-31(21-26-15-17-28(18-16-26)42(50)51)33(46)38-22-32(45)54-23-27-11-7-6-8-12-27/h6-8,11-12,15-18,29-31,50H,9-10,13-14,19-23H2,1-5H3,(H,38,46)(H,39,48)(H,40,47)(H,41,49)/q-1. The molecular formula is C37H50N5O13-. The Labute approximate surface area is 319 Å². The summed E-state index contributed by atoms with van der Waals surface area (Å²) in [4.78, 5) is 88.7. The lowest BCUT2D eigenvalue weighted by atomic mass is 10.0. The number of alkyl carbamates (subject to hydrolysis) is 1. The molecule has 55 heavy (non-hydrogen) atoms. The van der Waals surface area contributed by atoms with Crippen molar-refractivity contribution in [3.8, 4) is 0 Å². The van der Waals surface area contributed by atoms with Crippen LogP contribution in [0.25, 0.3) is 0 Å². The van der Waals surface area contributed by atoms with E-state index in [0.29, 0.717) is 5.56 Å². The first-order valence-corrected chi connectivity index (χ1v) is 17.5. The number of hydrogen-bond donors (Lipinski definition) is 5. The molecule has 0 radical (unpaired) electrons. The molecule has 0 heterocycles. The highest BCUT2D eigenvalue weighted by Crippen LogP contribution is 2.15. The molecule has 4 amide bonds. The fraction of sp³-hybridized carbons (Fsp3) is 0.486. The molecule has 0 aliphatic rings. The molecular weight excluding hydrogens is 722 g/mol. The van der Waals surface area contributed by atoms with Crippen molar-refractivity contribution >= 4 is 47.4 Å². The Kier molecular flexibility index (Phi) is 19.1. The second kappa shape index (κ2) is 23.1. The van der Waals surface area contributed by atoms with Gasteiger partial charge in [0.05, 0.1) is 18.9 Å². The van der Waals surface area contributed by atoms with Crippen LogP contribution in [-0.2, 0) is 60.7 Å². The van der Waals surface area contributed by atoms with Gasteiger partial charge >= 0.3 is 24.0 Å². The van der Waals surface area contributed by atoms with Gasteiger partial charge in [0.1, 0.15) is 36.9 Å². The summed E-state index contributed by atoms with van der Waals surface area (Å²) in [6, 6.07) is 10.4. The molecule has 0 aromatic heterocycles. The lowest BCUT2D eigenvalue weighted by Gasteiger charge is -2.26. The summed E-state index contributed by atoms with van der Waals surface area (Å²) in [5, 5.41) is 30.3. The molecule has 18 heteroatoms. The topological polar surface area (TPSA) is 251 Å². The van der Waals surface area contributed by atoms with Crippen LogP contribution in [0, 0.1) is 5.21 Å². The summed E-state index contributed by atoms with van der Waals surface area (Å²) in [5.74, 6) is -4.28. The van der Waals surface area contributed by atoms with E-state index in [1.54, 1.807) is 51.1 Å². The smallest absolute Gasteiger partial charge is 0.408 e. The van der Waals surface area contributed by atoms with Crippen molar-refractivity contribution < 1.29 is 57.7 Å². The molecule has 2 rings (SSSR count). The van der Waals surface area contributed by atoms with E-state index in [9.17, 15) is 44.0 Å². The van der Waals surface area contributed by atoms with Gasteiger partial charge in [-0.25, -0.2) is 4.79 Å². The second-order valence-electron chi connectivity index (χ2n) is 13.3. The van der Waals surface area contributed by atoms with Crippen molar-refractivity contribution in [3.05, 3.63) is 70.9 Å². The fourth-order valence-electron chi connectivity index (χ4n) is 4.81. The van der Waals surface area contributed by atoms with E-state index < -0.39 is 72.0 Å². The van der Waals surface area contributed by atoms with Crippen molar-refractivity contribution in [2.24, 2.45) is 0 Å². The maximum Gasteiger partial charge on any atom is 0.408 e. The number of carbonyl (C=O) groups is 7. The predicted octanol–water partition coefficient (Wildman–Crippen LogP) is 2.33. The van der Waals surface area contributed by atoms with E-state index in [0.717, 1.165) is 5.56 Å². The lowest BCUT2D eigenvalue weighted by molar-refractivity contribution is -0.145. The monoisotopic (exact) mass is 772 g/mol. The SMILES string of the molecule is CC(=O)OCCCC(NC(=O)OC(C)(C)C)C(=O)NC(CCCOC(C)=O)C(=O)NC(Cc1ccc(N([O-])O)cc1)C(=O)NCC(=O)OCc1ccccc1. The zero-order valence-electron chi connectivity index (χ0n) is 31.6. The Morgan fingerprint density at radius 3 is 1.75 bits per heavy atom. The van der Waals surface area contributed by atoms with Crippen molar-refractivity contribution in [1.29, 1.82) is 0 Å². The third-order valence-corrected chi connectivity index (χ3v) is 7.40. The van der Waals surface area contributed by atoms with Gasteiger partial charge in [0.25, 0.3) is 0 Å². The van der Waals surface area contributed by atoms with Gasteiger partial charge in [0, 0.05) is 20.3 Å². The van der Waals surface area contributed by atoms with Gasteiger partial charge in [0.2, 0.25) is 17.7 Å². The van der Waals surface area contributed by atoms with Crippen LogP contribution in [0.4, 0.5) is 10.5 Å². The van der Waals surface area contributed by atoms with Crippen LogP contribution in [0.1, 0.15) is 71.4 Å². The van der Waals surface area contributed by atoms with E-state index in [1.165, 1.54) is 38.1 Å². The highest BCUT2D eigenvalue weighted by Gasteiger charge is 2.31. The first kappa shape index (κ1) is 45.4. The molecule has 0 saturated heterocycles. The number of esters is 3. The molecule has 0 bridgehead atoms. The first-order chi connectivity index (χ1) is 25.9. The van der Waals surface area contributed by atoms with Gasteiger partial charge in [-0.3, -0.25) is 34.0 Å². The van der Waals surface area contributed by atoms with Crippen LogP contribution in [0.5, 0.6) is 0 Å². The minimum Gasteiger partial charge on any atom is -0.733 e. The molecule has 0 spiro atoms. The summed E-state index contributed by atoms with van der Waals surface area (Å²) in [6.45, 7) is 6.59. The zero-order valence-corrected chi connectivity index (χ0v) is 31.6. The third kappa shape index (κ3) is 19.2. The van der Waals surface area contributed by atoms with Gasteiger partial charge in [-0.15, -0.1) is 0 Å². The van der Waals surface area contributed by atoms with E-state index in [-0.39, 0.29) is 62.8 Å². The van der Waals surface area contributed by atoms with E-state index >= 15 is 0 Å². The molecule has 2 aromatic rings. The van der Waals surface area contributed by atoms with Crippen LogP contribution in [0.15, 0.2) is 54.6 Å². The average Bonchev–Trinajstić information content (AvgIpc) is 3.11. The van der Waals surface area contributed by atoms with Gasteiger partial charge < -0.3 is 50.6 Å². The normalized spacial score (nSPS) is 12.5. The largest absolute Gasteiger partial charge is 0.733 e. The summed E-state index contributed by atoms with van der Waals surface area (Å²) in [6.07, 6.45) is -0.909. The van der Waals surface area contributed by atoms with Crippen molar-refractivity contribution in [2.45, 2.75) is 97.1 Å². The van der Waals surface area contributed by atoms with Crippen LogP contribution < -0.4 is 26.5 Å². The average molecular weight is 773 g/mol. The van der Waals surface area contributed by atoms with Gasteiger partial charge in [-0.05, 0) is 69.7 Å². The zero-order chi connectivity index (χ0) is 41.0. The van der Waals surface area contributed by atoms with Gasteiger partial charge in [0.15, 0.2) is 0 Å². The number of benzene rings is 2. The second-order valence-corrected chi connectivity index (χ2v) is 13.3. The van der Waals surface area contributed by atoms with Crippen molar-refractivity contribution in [2.75, 3.05) is 25.0 Å². The minimum atomic E-state index is -1.34. The van der Waals surface area contributed by atoms with Gasteiger partial charge in [-0.2, -0.15) is 0 Å². The summed E-state index contributed by atoms with van der Waals surface area (Å²) in [5.41, 5.74) is 0.184. The van der Waals surface area contributed by atoms with Crippen molar-refractivity contribution in [1.82, 2.24) is 21.3 Å². The van der Waals surface area contributed by atoms with Crippen LogP contribution in [0.3, 0.4) is 0 Å². The number of rotatable bonds is 21. The Hall–Kier alpha value is -5.75. The number of nitrogens with one attached hydrogen (secondary N) is 4. The molecule has 18 nitrogen and oxygen atoms in total. The number of carbonyl (C=O) groups excluding carboxylic acids is 7. The summed E-state index contributed by atoms with van der Waals surface area (Å²) in [7, 11) is 0. The third-order valence-electron chi connectivity index (χ3n) is 7.40. The number of nitrogens with zero attached hydrogens (tertiary/aromatic N) is 1. The quantitative estimate of drug-likeness (QED) is 0.0529. The molecule has 0 fully saturated rings. The van der Waals surface area contributed by atoms with Crippen LogP contribution in [0.2, 0.25) is 0 Å². The number of anilines is 1. The Bertz CT molecular complexity index is 1580. The van der Waals surface area contributed by atoms with Crippen molar-refractivity contribution in [3.63, 3.8) is 0 Å². The maximum atomic E-state index is 13.9. The highest BCUT2D eigenvalue weighted by atomic mass is 16.8. The van der Waals surface area contributed by atoms with E-state index in [4.69, 9.17) is 18.9 Å². The molecule has 0 aliphatic carbocycles. The maximum absolute atomic E-state index is 13.9. The molecule has 2 aromatic carbocycles. The predicted molar refractivity (Wildman–Crippen MR) is 196 cm³/mol. The first-order valence-electron chi connectivity index (χ1n) is 17.5. The molecule has 3 atom stereocenters. The minimum absolute atomic E-state index is 0.0177. The molecule has 0 saturated carbocycles. The summed E-state index contributed by atoms with van der Waals surface area (Å²) < 4.78 is 20.5. The number of ether oxygens (including phenoxy) is 4. The lowest BCUT2D eigenvalue weighted by Crippen LogP contribution is -2.57. The van der Waals surface area contributed by atoms with Crippen LogP contribution >= 0.6 is 0 Å². The fourth-order valence-corrected chi connectivity index (χ4v) is 4.81. The Balaban J connectivity index is 2.30. The Morgan fingerprint density at radius 2 is 1.24 bits per heavy atom. The van der Waals surface area contributed by atoms with E-state index in [2.05, 4.69) is 21.3 Å². The summed E-state index contributed by atoms with van der Waals surface area (Å²) >= 11 is 0. The highest BCUT2D eigenvalue weighted by molar-refractivity contribution is 5.94. The van der Waals surface area contributed by atoms with Crippen LogP contribution in [-0.4, -0.2) is 90.4 Å².